The minimum atomic E-state index is -1.42. The van der Waals surface area contributed by atoms with Crippen LogP contribution in [0.15, 0.2) is 53.9 Å². The largest absolute Gasteiger partial charge is 0.378 e. The van der Waals surface area contributed by atoms with Gasteiger partial charge in [-0.15, -0.1) is 11.3 Å². The van der Waals surface area contributed by atoms with Gasteiger partial charge in [0.05, 0.1) is 15.6 Å². The number of nitrogens with one attached hydrogen (secondary N) is 2. The lowest BCUT2D eigenvalue weighted by atomic mass is 9.97. The van der Waals surface area contributed by atoms with Crippen molar-refractivity contribution >= 4 is 40.7 Å². The van der Waals surface area contributed by atoms with Gasteiger partial charge < -0.3 is 10.0 Å². The molecule has 1 unspecified atom stereocenters. The number of piperidine rings is 1. The molecule has 1 aromatic heterocycles. The summed E-state index contributed by atoms with van der Waals surface area (Å²) in [6.07, 6.45) is -0.215. The molecule has 1 aliphatic heterocycles. The molecule has 3 amide bonds. The first-order valence-corrected chi connectivity index (χ1v) is 12.1. The summed E-state index contributed by atoms with van der Waals surface area (Å²) in [6, 6.07) is 12.5. The molecule has 3 aromatic rings. The van der Waals surface area contributed by atoms with Crippen molar-refractivity contribution in [3.8, 4) is 0 Å². The number of benzene rings is 2. The van der Waals surface area contributed by atoms with E-state index in [1.165, 1.54) is 29.5 Å². The second kappa shape index (κ2) is 10.9. The van der Waals surface area contributed by atoms with Gasteiger partial charge in [0, 0.05) is 24.4 Å². The molecule has 182 valence electrons. The van der Waals surface area contributed by atoms with Crippen LogP contribution in [0.25, 0.3) is 0 Å². The van der Waals surface area contributed by atoms with E-state index in [0.717, 1.165) is 5.01 Å². The molecule has 4 rings (SSSR count). The van der Waals surface area contributed by atoms with Gasteiger partial charge in [-0.2, -0.15) is 0 Å². The first-order valence-electron chi connectivity index (χ1n) is 10.9. The number of aliphatic hydroxyl groups is 1. The van der Waals surface area contributed by atoms with Crippen molar-refractivity contribution in [1.29, 1.82) is 0 Å². The van der Waals surface area contributed by atoms with Crippen molar-refractivity contribution in [2.45, 2.75) is 24.9 Å². The topological polar surface area (TPSA) is 112 Å². The summed E-state index contributed by atoms with van der Waals surface area (Å²) in [5.74, 6) is -2.44. The maximum absolute atomic E-state index is 14.1. The Morgan fingerprint density at radius 1 is 1.09 bits per heavy atom. The highest BCUT2D eigenvalue weighted by molar-refractivity contribution is 7.09. The van der Waals surface area contributed by atoms with Crippen LogP contribution in [0, 0.1) is 5.82 Å². The number of hydrazine groups is 1. The van der Waals surface area contributed by atoms with Gasteiger partial charge in [-0.3, -0.25) is 25.2 Å². The molecule has 1 aliphatic rings. The van der Waals surface area contributed by atoms with Crippen LogP contribution in [0.3, 0.4) is 0 Å². The molecule has 8 nitrogen and oxygen atoms in total. The van der Waals surface area contributed by atoms with Crippen LogP contribution in [0.2, 0.25) is 5.02 Å². The predicted octanol–water partition coefficient (Wildman–Crippen LogP) is 3.45. The Labute approximate surface area is 209 Å². The van der Waals surface area contributed by atoms with Gasteiger partial charge >= 0.3 is 0 Å². The average Bonchev–Trinajstić information content (AvgIpc) is 3.37. The number of aromatic nitrogens is 1. The predicted molar refractivity (Wildman–Crippen MR) is 128 cm³/mol. The van der Waals surface area contributed by atoms with Crippen molar-refractivity contribution in [2.24, 2.45) is 0 Å². The van der Waals surface area contributed by atoms with Gasteiger partial charge in [-0.05, 0) is 30.5 Å². The molecule has 1 saturated heterocycles. The molecule has 0 spiro atoms. The number of aliphatic hydroxyl groups excluding tert-OH is 1. The Kier molecular flexibility index (Phi) is 7.74. The van der Waals surface area contributed by atoms with E-state index in [2.05, 4.69) is 15.8 Å². The SMILES string of the molecule is O=C(NNC(=O)C(O)c1ccccc1)c1csc(C2CCN(C(=O)c3c(F)cccc3Cl)CC2)n1. The molecule has 35 heavy (non-hydrogen) atoms. The molecule has 0 bridgehead atoms. The fourth-order valence-corrected chi connectivity index (χ4v) is 5.02. The van der Waals surface area contributed by atoms with Gasteiger partial charge in [0.15, 0.2) is 6.10 Å². The smallest absolute Gasteiger partial charge is 0.289 e. The number of amides is 3. The lowest BCUT2D eigenvalue weighted by Crippen LogP contribution is -2.44. The van der Waals surface area contributed by atoms with Crippen molar-refractivity contribution in [1.82, 2.24) is 20.7 Å². The highest BCUT2D eigenvalue weighted by Crippen LogP contribution is 2.32. The molecule has 2 aromatic carbocycles. The molecule has 1 fully saturated rings. The quantitative estimate of drug-likeness (QED) is 0.450. The third kappa shape index (κ3) is 5.67. The van der Waals surface area contributed by atoms with Gasteiger partial charge in [0.2, 0.25) is 0 Å². The monoisotopic (exact) mass is 516 g/mol. The van der Waals surface area contributed by atoms with Gasteiger partial charge in [-0.25, -0.2) is 9.37 Å². The van der Waals surface area contributed by atoms with Crippen LogP contribution in [0.1, 0.15) is 56.3 Å². The summed E-state index contributed by atoms with van der Waals surface area (Å²) in [7, 11) is 0. The number of carbonyl (C=O) groups is 3. The van der Waals surface area contributed by atoms with E-state index in [1.807, 2.05) is 0 Å². The van der Waals surface area contributed by atoms with Crippen LogP contribution >= 0.6 is 22.9 Å². The zero-order valence-electron chi connectivity index (χ0n) is 18.4. The summed E-state index contributed by atoms with van der Waals surface area (Å²) in [4.78, 5) is 43.2. The third-order valence-electron chi connectivity index (χ3n) is 5.73. The first-order chi connectivity index (χ1) is 16.8. The number of hydrogen-bond acceptors (Lipinski definition) is 6. The molecule has 0 radical (unpaired) electrons. The van der Waals surface area contributed by atoms with Crippen LogP contribution in [0.5, 0.6) is 0 Å². The van der Waals surface area contributed by atoms with E-state index in [1.54, 1.807) is 40.6 Å². The first kappa shape index (κ1) is 24.8. The Bertz CT molecular complexity index is 1210. The standard InChI is InChI=1S/C24H22ClFN4O4S/c25-16-7-4-8-17(26)19(16)24(34)30-11-9-15(10-12-30)23-27-18(13-35-23)21(32)28-29-22(33)20(31)14-5-2-1-3-6-14/h1-8,13,15,20,31H,9-12H2,(H,28,32)(H,29,33). The second-order valence-electron chi connectivity index (χ2n) is 7.99. The normalized spacial score (nSPS) is 14.9. The van der Waals surface area contributed by atoms with Gasteiger partial charge in [0.1, 0.15) is 11.5 Å². The Morgan fingerprint density at radius 3 is 2.49 bits per heavy atom. The molecule has 0 aliphatic carbocycles. The van der Waals surface area contributed by atoms with Crippen LogP contribution in [-0.2, 0) is 4.79 Å². The summed E-state index contributed by atoms with van der Waals surface area (Å²) in [5.41, 5.74) is 4.87. The number of likely N-dealkylation sites (tertiary alicyclic amines) is 1. The summed E-state index contributed by atoms with van der Waals surface area (Å²) in [5, 5.41) is 12.5. The Hall–Kier alpha value is -3.34. The van der Waals surface area contributed by atoms with Crippen LogP contribution < -0.4 is 10.9 Å². The van der Waals surface area contributed by atoms with Crippen LogP contribution in [0.4, 0.5) is 4.39 Å². The van der Waals surface area contributed by atoms with Crippen molar-refractivity contribution in [3.05, 3.63) is 86.6 Å². The van der Waals surface area contributed by atoms with Crippen molar-refractivity contribution < 1.29 is 23.9 Å². The zero-order valence-corrected chi connectivity index (χ0v) is 20.0. The van der Waals surface area contributed by atoms with E-state index in [9.17, 15) is 23.9 Å². The molecule has 0 saturated carbocycles. The molecule has 3 N–H and O–H groups in total. The van der Waals surface area contributed by atoms with E-state index in [4.69, 9.17) is 11.6 Å². The summed E-state index contributed by atoms with van der Waals surface area (Å²) < 4.78 is 14.1. The maximum Gasteiger partial charge on any atom is 0.289 e. The fraction of sp³-hybridized carbons (Fsp3) is 0.250. The highest BCUT2D eigenvalue weighted by atomic mass is 35.5. The molecular weight excluding hydrogens is 495 g/mol. The van der Waals surface area contributed by atoms with Crippen molar-refractivity contribution in [3.63, 3.8) is 0 Å². The minimum Gasteiger partial charge on any atom is -0.378 e. The lowest BCUT2D eigenvalue weighted by molar-refractivity contribution is -0.130. The molecule has 11 heteroatoms. The van der Waals surface area contributed by atoms with E-state index in [0.29, 0.717) is 31.5 Å². The van der Waals surface area contributed by atoms with Crippen LogP contribution in [-0.4, -0.2) is 45.8 Å². The zero-order chi connectivity index (χ0) is 24.9. The summed E-state index contributed by atoms with van der Waals surface area (Å²) in [6.45, 7) is 0.811. The van der Waals surface area contributed by atoms with Crippen molar-refractivity contribution in [2.75, 3.05) is 13.1 Å². The number of hydrogen-bond donors (Lipinski definition) is 3. The Morgan fingerprint density at radius 2 is 1.80 bits per heavy atom. The number of halogens is 2. The second-order valence-corrected chi connectivity index (χ2v) is 9.29. The molecule has 2 heterocycles. The molecular formula is C24H22ClFN4O4S. The number of carbonyl (C=O) groups excluding carboxylic acids is 3. The summed E-state index contributed by atoms with van der Waals surface area (Å²) >= 11 is 7.33. The van der Waals surface area contributed by atoms with E-state index >= 15 is 0 Å². The number of rotatable bonds is 5. The van der Waals surface area contributed by atoms with Gasteiger partial charge in [-0.1, -0.05) is 48.0 Å². The average molecular weight is 517 g/mol. The molecule has 1 atom stereocenters. The minimum absolute atomic E-state index is 0.0381. The Balaban J connectivity index is 1.30. The lowest BCUT2D eigenvalue weighted by Gasteiger charge is -2.31. The maximum atomic E-state index is 14.1. The van der Waals surface area contributed by atoms with E-state index in [-0.39, 0.29) is 22.2 Å². The highest BCUT2D eigenvalue weighted by Gasteiger charge is 2.29. The fourth-order valence-electron chi connectivity index (χ4n) is 3.81. The van der Waals surface area contributed by atoms with Gasteiger partial charge in [0.25, 0.3) is 17.7 Å². The number of thiazole rings is 1. The third-order valence-corrected chi connectivity index (χ3v) is 7.05. The van der Waals surface area contributed by atoms with E-state index < -0.39 is 29.6 Å². The number of nitrogens with zero attached hydrogens (tertiary/aromatic N) is 2.